The molecular weight excluding hydrogens is 388 g/mol. The molecule has 0 bridgehead atoms. The van der Waals surface area contributed by atoms with Crippen LogP contribution in [0.4, 0.5) is 0 Å². The zero-order chi connectivity index (χ0) is 21.8. The Kier molecular flexibility index (Phi) is 5.63. The van der Waals surface area contributed by atoms with Gasteiger partial charge in [-0.05, 0) is 39.2 Å². The third-order valence-electron chi connectivity index (χ3n) is 5.35. The molecule has 1 atom stereocenters. The van der Waals surface area contributed by atoms with Gasteiger partial charge in [0.15, 0.2) is 0 Å². The molecule has 5 heteroatoms. The largest absolute Gasteiger partial charge is 0.467 e. The van der Waals surface area contributed by atoms with E-state index in [-0.39, 0.29) is 12.3 Å². The number of esters is 1. The molecule has 0 aliphatic carbocycles. The van der Waals surface area contributed by atoms with Crippen molar-refractivity contribution in [3.63, 3.8) is 0 Å². The summed E-state index contributed by atoms with van der Waals surface area (Å²) in [5.41, 5.74) is 1.64. The van der Waals surface area contributed by atoms with Crippen molar-refractivity contribution < 1.29 is 14.3 Å². The van der Waals surface area contributed by atoms with Crippen LogP contribution < -0.4 is 5.32 Å². The fourth-order valence-corrected chi connectivity index (χ4v) is 3.85. The third kappa shape index (κ3) is 3.96. The first-order valence-corrected chi connectivity index (χ1v) is 9.89. The highest BCUT2D eigenvalue weighted by atomic mass is 16.5. The van der Waals surface area contributed by atoms with Crippen LogP contribution in [0.15, 0.2) is 78.9 Å². The van der Waals surface area contributed by atoms with E-state index in [9.17, 15) is 14.9 Å². The van der Waals surface area contributed by atoms with Gasteiger partial charge in [0.05, 0.1) is 24.3 Å². The molecule has 152 valence electrons. The van der Waals surface area contributed by atoms with Crippen LogP contribution in [0, 0.1) is 11.3 Å². The molecule has 4 rings (SSSR count). The molecule has 4 aromatic rings. The van der Waals surface area contributed by atoms with Crippen molar-refractivity contribution in [2.45, 2.75) is 12.5 Å². The predicted molar refractivity (Wildman–Crippen MR) is 120 cm³/mol. The van der Waals surface area contributed by atoms with Crippen molar-refractivity contribution in [1.82, 2.24) is 5.32 Å². The molecule has 0 aliphatic rings. The van der Waals surface area contributed by atoms with Gasteiger partial charge in [0.1, 0.15) is 6.04 Å². The van der Waals surface area contributed by atoms with Gasteiger partial charge >= 0.3 is 5.97 Å². The Morgan fingerprint density at radius 3 is 2.13 bits per heavy atom. The fraction of sp³-hybridized carbons (Fsp3) is 0.115. The summed E-state index contributed by atoms with van der Waals surface area (Å²) in [5.74, 6) is -0.927. The lowest BCUT2D eigenvalue weighted by Crippen LogP contribution is -2.43. The average Bonchev–Trinajstić information content (AvgIpc) is 2.81. The van der Waals surface area contributed by atoms with E-state index in [1.54, 1.807) is 24.3 Å². The van der Waals surface area contributed by atoms with Gasteiger partial charge in [-0.2, -0.15) is 5.26 Å². The molecule has 0 unspecified atom stereocenters. The zero-order valence-electron chi connectivity index (χ0n) is 17.0. The normalized spacial score (nSPS) is 11.6. The Hall–Kier alpha value is -4.17. The van der Waals surface area contributed by atoms with Gasteiger partial charge < -0.3 is 10.1 Å². The van der Waals surface area contributed by atoms with Crippen LogP contribution >= 0.6 is 0 Å². The summed E-state index contributed by atoms with van der Waals surface area (Å²) < 4.78 is 4.93. The molecular formula is C26H20N2O3. The van der Waals surface area contributed by atoms with Crippen molar-refractivity contribution in [2.24, 2.45) is 0 Å². The van der Waals surface area contributed by atoms with Crippen LogP contribution in [-0.4, -0.2) is 25.0 Å². The molecule has 0 saturated carbocycles. The lowest BCUT2D eigenvalue weighted by Gasteiger charge is -2.19. The van der Waals surface area contributed by atoms with Crippen molar-refractivity contribution in [3.8, 4) is 6.07 Å². The number of carbonyl (C=O) groups is 2. The number of rotatable bonds is 5. The number of hydrogen-bond donors (Lipinski definition) is 1. The highest BCUT2D eigenvalue weighted by Gasteiger charge is 2.25. The van der Waals surface area contributed by atoms with Gasteiger partial charge in [-0.15, -0.1) is 0 Å². The number of nitrogens with zero attached hydrogens (tertiary/aromatic N) is 1. The van der Waals surface area contributed by atoms with E-state index >= 15 is 0 Å². The van der Waals surface area contributed by atoms with Crippen LogP contribution in [0.3, 0.4) is 0 Å². The summed E-state index contributed by atoms with van der Waals surface area (Å²) in [6.45, 7) is 0. The summed E-state index contributed by atoms with van der Waals surface area (Å²) in [6.07, 6.45) is 0.158. The topological polar surface area (TPSA) is 79.2 Å². The quantitative estimate of drug-likeness (QED) is 0.393. The van der Waals surface area contributed by atoms with Crippen LogP contribution in [0.25, 0.3) is 21.5 Å². The molecule has 0 radical (unpaired) electrons. The van der Waals surface area contributed by atoms with Crippen LogP contribution in [0.2, 0.25) is 0 Å². The first kappa shape index (κ1) is 20.1. The number of amides is 1. The Bertz CT molecular complexity index is 1280. The summed E-state index contributed by atoms with van der Waals surface area (Å²) >= 11 is 0. The summed E-state index contributed by atoms with van der Waals surface area (Å²) in [4.78, 5) is 26.0. The molecule has 5 nitrogen and oxygen atoms in total. The standard InChI is InChI=1S/C26H20N2O3/c1-31-26(30)23(15-17-8-2-3-11-20(17)16-27)28-25(29)24-21-12-6-4-9-18(21)14-19-10-5-7-13-22(19)24/h2-14,23H,15H2,1H3,(H,28,29)/t23-/m0/s1. The van der Waals surface area contributed by atoms with Crippen LogP contribution in [0.5, 0.6) is 0 Å². The third-order valence-corrected chi connectivity index (χ3v) is 5.35. The number of nitriles is 1. The lowest BCUT2D eigenvalue weighted by atomic mass is 9.95. The van der Waals surface area contributed by atoms with E-state index in [1.165, 1.54) is 7.11 Å². The second kappa shape index (κ2) is 8.68. The number of benzene rings is 4. The Balaban J connectivity index is 1.76. The average molecular weight is 408 g/mol. The van der Waals surface area contributed by atoms with E-state index in [0.29, 0.717) is 16.7 Å². The summed E-state index contributed by atoms with van der Waals surface area (Å²) in [5, 5.41) is 15.7. The lowest BCUT2D eigenvalue weighted by molar-refractivity contribution is -0.142. The molecule has 0 saturated heterocycles. The van der Waals surface area contributed by atoms with Crippen molar-refractivity contribution >= 4 is 33.4 Å². The van der Waals surface area contributed by atoms with E-state index < -0.39 is 12.0 Å². The van der Waals surface area contributed by atoms with Crippen molar-refractivity contribution in [1.29, 1.82) is 5.26 Å². The fourth-order valence-electron chi connectivity index (χ4n) is 3.85. The van der Waals surface area contributed by atoms with E-state index in [1.807, 2.05) is 54.6 Å². The number of ether oxygens (including phenoxy) is 1. The smallest absolute Gasteiger partial charge is 0.328 e. The summed E-state index contributed by atoms with van der Waals surface area (Å²) in [6, 6.07) is 25.6. The van der Waals surface area contributed by atoms with Crippen LogP contribution in [-0.2, 0) is 16.0 Å². The minimum atomic E-state index is -0.926. The number of fused-ring (bicyclic) bond motifs is 2. The Morgan fingerprint density at radius 1 is 0.935 bits per heavy atom. The molecule has 1 amide bonds. The highest BCUT2D eigenvalue weighted by molar-refractivity contribution is 6.18. The van der Waals surface area contributed by atoms with Gasteiger partial charge in [0, 0.05) is 6.42 Å². The van der Waals surface area contributed by atoms with Gasteiger partial charge in [0.2, 0.25) is 0 Å². The van der Waals surface area contributed by atoms with E-state index in [2.05, 4.69) is 11.4 Å². The molecule has 4 aromatic carbocycles. The minimum Gasteiger partial charge on any atom is -0.467 e. The minimum absolute atomic E-state index is 0.158. The van der Waals surface area contributed by atoms with E-state index in [4.69, 9.17) is 4.74 Å². The molecule has 0 aromatic heterocycles. The van der Waals surface area contributed by atoms with Crippen LogP contribution in [0.1, 0.15) is 21.5 Å². The maximum atomic E-state index is 13.5. The van der Waals surface area contributed by atoms with Gasteiger partial charge in [-0.3, -0.25) is 4.79 Å². The molecule has 0 aliphatic heterocycles. The monoisotopic (exact) mass is 408 g/mol. The number of hydrogen-bond acceptors (Lipinski definition) is 4. The molecule has 31 heavy (non-hydrogen) atoms. The maximum absolute atomic E-state index is 13.5. The van der Waals surface area contributed by atoms with Gasteiger partial charge in [-0.25, -0.2) is 4.79 Å². The molecule has 0 fully saturated rings. The molecule has 0 spiro atoms. The second-order valence-corrected chi connectivity index (χ2v) is 7.22. The number of methoxy groups -OCH3 is 1. The van der Waals surface area contributed by atoms with Crippen molar-refractivity contribution in [3.05, 3.63) is 95.6 Å². The van der Waals surface area contributed by atoms with Gasteiger partial charge in [0.25, 0.3) is 5.91 Å². The van der Waals surface area contributed by atoms with Gasteiger partial charge in [-0.1, -0.05) is 66.7 Å². The molecule has 0 heterocycles. The highest BCUT2D eigenvalue weighted by Crippen LogP contribution is 2.28. The zero-order valence-corrected chi connectivity index (χ0v) is 17.0. The number of carbonyl (C=O) groups excluding carboxylic acids is 2. The maximum Gasteiger partial charge on any atom is 0.328 e. The SMILES string of the molecule is COC(=O)[C@H](Cc1ccccc1C#N)NC(=O)c1c2ccccc2cc2ccccc12. The van der Waals surface area contributed by atoms with Crippen molar-refractivity contribution in [2.75, 3.05) is 7.11 Å². The predicted octanol–water partition coefficient (Wildman–Crippen LogP) is 4.38. The first-order chi connectivity index (χ1) is 15.1. The number of nitrogens with one attached hydrogen (secondary N) is 1. The molecule has 1 N–H and O–H groups in total. The second-order valence-electron chi connectivity index (χ2n) is 7.22. The Labute approximate surface area is 179 Å². The first-order valence-electron chi connectivity index (χ1n) is 9.89. The van der Waals surface area contributed by atoms with E-state index in [0.717, 1.165) is 21.5 Å². The summed E-state index contributed by atoms with van der Waals surface area (Å²) in [7, 11) is 1.28. The Morgan fingerprint density at radius 2 is 1.52 bits per heavy atom.